The summed E-state index contributed by atoms with van der Waals surface area (Å²) in [6.07, 6.45) is 5.60. The van der Waals surface area contributed by atoms with Gasteiger partial charge in [0, 0.05) is 11.1 Å². The summed E-state index contributed by atoms with van der Waals surface area (Å²) in [5, 5.41) is 5.59. The highest BCUT2D eigenvalue weighted by Gasteiger charge is 2.54. The topological polar surface area (TPSA) is 93.7 Å². The molecule has 4 saturated carbocycles. The van der Waals surface area contributed by atoms with E-state index < -0.39 is 24.0 Å². The molecule has 0 saturated heterocycles. The van der Waals surface area contributed by atoms with Crippen molar-refractivity contribution in [1.29, 1.82) is 0 Å². The normalized spacial score (nSPS) is 30.2. The van der Waals surface area contributed by atoms with Crippen molar-refractivity contribution in [3.8, 4) is 5.75 Å². The van der Waals surface area contributed by atoms with E-state index in [4.69, 9.17) is 9.47 Å². The van der Waals surface area contributed by atoms with E-state index in [1.165, 1.54) is 26.2 Å². The van der Waals surface area contributed by atoms with Crippen LogP contribution in [0.1, 0.15) is 52.4 Å². The van der Waals surface area contributed by atoms with Crippen molar-refractivity contribution < 1.29 is 23.9 Å². The van der Waals surface area contributed by atoms with Gasteiger partial charge in [0.1, 0.15) is 11.8 Å². The van der Waals surface area contributed by atoms with Gasteiger partial charge in [-0.3, -0.25) is 9.59 Å². The zero-order valence-electron chi connectivity index (χ0n) is 18.5. The van der Waals surface area contributed by atoms with Gasteiger partial charge in [-0.05, 0) is 94.4 Å². The van der Waals surface area contributed by atoms with Crippen molar-refractivity contribution >= 4 is 23.5 Å². The summed E-state index contributed by atoms with van der Waals surface area (Å²) in [7, 11) is 1.57. The molecule has 0 aromatic heterocycles. The van der Waals surface area contributed by atoms with Gasteiger partial charge in [0.25, 0.3) is 5.91 Å². The molecule has 1 aromatic carbocycles. The van der Waals surface area contributed by atoms with Crippen LogP contribution < -0.4 is 15.4 Å². The van der Waals surface area contributed by atoms with Crippen molar-refractivity contribution in [1.82, 2.24) is 5.32 Å². The third-order valence-electron chi connectivity index (χ3n) is 7.24. The van der Waals surface area contributed by atoms with Crippen LogP contribution in [0.3, 0.4) is 0 Å². The maximum atomic E-state index is 13.1. The van der Waals surface area contributed by atoms with Gasteiger partial charge in [-0.25, -0.2) is 4.79 Å². The van der Waals surface area contributed by atoms with E-state index in [1.54, 1.807) is 38.3 Å². The monoisotopic (exact) mass is 428 g/mol. The van der Waals surface area contributed by atoms with Crippen molar-refractivity contribution in [3.05, 3.63) is 24.3 Å². The van der Waals surface area contributed by atoms with Crippen molar-refractivity contribution in [3.63, 3.8) is 0 Å². The Kier molecular flexibility index (Phi) is 5.95. The van der Waals surface area contributed by atoms with E-state index in [-0.39, 0.29) is 11.3 Å². The minimum absolute atomic E-state index is 0.0219. The second kappa shape index (κ2) is 8.52. The summed E-state index contributed by atoms with van der Waals surface area (Å²) in [5.41, 5.74) is 0.262. The molecule has 1 aromatic rings. The van der Waals surface area contributed by atoms with Crippen LogP contribution in [0.2, 0.25) is 0 Å². The molecule has 2 atom stereocenters. The van der Waals surface area contributed by atoms with Crippen LogP contribution in [-0.4, -0.2) is 37.0 Å². The van der Waals surface area contributed by atoms with Gasteiger partial charge in [-0.2, -0.15) is 0 Å². The highest BCUT2D eigenvalue weighted by molar-refractivity contribution is 5.96. The number of esters is 1. The third-order valence-corrected chi connectivity index (χ3v) is 7.24. The Morgan fingerprint density at radius 1 is 0.968 bits per heavy atom. The number of nitrogens with one attached hydrogen (secondary N) is 2. The lowest BCUT2D eigenvalue weighted by Crippen LogP contribution is -2.56. The van der Waals surface area contributed by atoms with Gasteiger partial charge in [-0.15, -0.1) is 0 Å². The van der Waals surface area contributed by atoms with Crippen LogP contribution >= 0.6 is 0 Å². The first-order chi connectivity index (χ1) is 14.8. The van der Waals surface area contributed by atoms with Crippen LogP contribution in [-0.2, 0) is 19.1 Å². The lowest BCUT2D eigenvalue weighted by molar-refractivity contribution is -0.158. The number of anilines is 1. The Bertz CT molecular complexity index is 815. The summed E-state index contributed by atoms with van der Waals surface area (Å²) in [4.78, 5) is 38.0. The highest BCUT2D eigenvalue weighted by atomic mass is 16.5. The number of hydrogen-bond acceptors (Lipinski definition) is 5. The number of methoxy groups -OCH3 is 1. The number of carbonyl (C=O) groups excluding carboxylic acids is 3. The fourth-order valence-corrected chi connectivity index (χ4v) is 6.05. The number of carbonyl (C=O) groups is 3. The molecule has 0 heterocycles. The highest BCUT2D eigenvalue weighted by Crippen LogP contribution is 2.60. The molecular formula is C24H32N2O5. The number of hydrogen-bond donors (Lipinski definition) is 2. The Morgan fingerprint density at radius 2 is 1.52 bits per heavy atom. The van der Waals surface area contributed by atoms with Crippen LogP contribution in [0.25, 0.3) is 0 Å². The predicted octanol–water partition coefficient (Wildman–Crippen LogP) is 3.29. The van der Waals surface area contributed by atoms with E-state index in [0.717, 1.165) is 19.3 Å². The number of benzene rings is 1. The second-order valence-electron chi connectivity index (χ2n) is 9.69. The summed E-state index contributed by atoms with van der Waals surface area (Å²) in [6, 6.07) is 6.08. The van der Waals surface area contributed by atoms with E-state index in [9.17, 15) is 14.4 Å². The lowest BCUT2D eigenvalue weighted by Gasteiger charge is -2.55. The van der Waals surface area contributed by atoms with E-state index in [2.05, 4.69) is 10.6 Å². The van der Waals surface area contributed by atoms with Crippen LogP contribution in [0.15, 0.2) is 24.3 Å². The van der Waals surface area contributed by atoms with Gasteiger partial charge < -0.3 is 20.1 Å². The van der Waals surface area contributed by atoms with E-state index >= 15 is 0 Å². The molecule has 0 unspecified atom stereocenters. The molecule has 168 valence electrons. The zero-order valence-corrected chi connectivity index (χ0v) is 18.5. The van der Waals surface area contributed by atoms with E-state index in [1.807, 2.05) is 0 Å². The van der Waals surface area contributed by atoms with Gasteiger partial charge >= 0.3 is 5.97 Å². The van der Waals surface area contributed by atoms with Crippen molar-refractivity contribution in [2.75, 3.05) is 12.4 Å². The summed E-state index contributed by atoms with van der Waals surface area (Å²) in [5.74, 6) is 1.59. The molecule has 0 radical (unpaired) electrons. The standard InChI is InChI=1S/C24H32N2O5/c1-14(25-23(29)24-11-16-8-17(12-24)10-18(9-16)13-24)22(28)31-15(2)21(27)26-19-4-6-20(30-3)7-5-19/h4-7,14-18H,8-13H2,1-3H3,(H,25,29)(H,26,27)/t14-,15-,16?,17?,18?,24?/m0/s1. The van der Waals surface area contributed by atoms with Gasteiger partial charge in [0.15, 0.2) is 6.10 Å². The second-order valence-corrected chi connectivity index (χ2v) is 9.69. The molecule has 0 spiro atoms. The number of ether oxygens (including phenoxy) is 2. The predicted molar refractivity (Wildman–Crippen MR) is 115 cm³/mol. The first-order valence-electron chi connectivity index (χ1n) is 11.2. The van der Waals surface area contributed by atoms with E-state index in [0.29, 0.717) is 29.2 Å². The molecule has 4 fully saturated rings. The quantitative estimate of drug-likeness (QED) is 0.650. The smallest absolute Gasteiger partial charge is 0.329 e. The first kappa shape index (κ1) is 21.7. The van der Waals surface area contributed by atoms with Gasteiger partial charge in [0.2, 0.25) is 5.91 Å². The summed E-state index contributed by atoms with van der Waals surface area (Å²) >= 11 is 0. The SMILES string of the molecule is COc1ccc(NC(=O)[C@H](C)OC(=O)[C@H](C)NC(=O)C23CC4CC(CC(C4)C2)C3)cc1. The van der Waals surface area contributed by atoms with Crippen molar-refractivity contribution in [2.45, 2.75) is 64.5 Å². The Labute approximate surface area is 183 Å². The average Bonchev–Trinajstić information content (AvgIpc) is 2.73. The Balaban J connectivity index is 1.28. The van der Waals surface area contributed by atoms with Gasteiger partial charge in [-0.1, -0.05) is 0 Å². The molecule has 31 heavy (non-hydrogen) atoms. The summed E-state index contributed by atoms with van der Waals surface area (Å²) in [6.45, 7) is 3.14. The maximum absolute atomic E-state index is 13.1. The molecule has 7 nitrogen and oxygen atoms in total. The third kappa shape index (κ3) is 4.55. The Morgan fingerprint density at radius 3 is 2.03 bits per heavy atom. The molecular weight excluding hydrogens is 396 g/mol. The molecule has 4 bridgehead atoms. The van der Waals surface area contributed by atoms with Gasteiger partial charge in [0.05, 0.1) is 7.11 Å². The van der Waals surface area contributed by atoms with Crippen LogP contribution in [0.5, 0.6) is 5.75 Å². The molecule has 0 aliphatic heterocycles. The minimum atomic E-state index is -0.978. The van der Waals surface area contributed by atoms with Crippen molar-refractivity contribution in [2.24, 2.45) is 23.2 Å². The molecule has 5 rings (SSSR count). The fraction of sp³-hybridized carbons (Fsp3) is 0.625. The lowest BCUT2D eigenvalue weighted by atomic mass is 9.49. The molecule has 4 aliphatic rings. The molecule has 2 N–H and O–H groups in total. The number of rotatable bonds is 7. The Hall–Kier alpha value is -2.57. The first-order valence-corrected chi connectivity index (χ1v) is 11.2. The number of amides is 2. The molecule has 4 aliphatic carbocycles. The fourth-order valence-electron chi connectivity index (χ4n) is 6.05. The molecule has 7 heteroatoms. The van der Waals surface area contributed by atoms with Crippen LogP contribution in [0, 0.1) is 23.2 Å². The summed E-state index contributed by atoms with van der Waals surface area (Å²) < 4.78 is 10.4. The molecule has 2 amide bonds. The minimum Gasteiger partial charge on any atom is -0.497 e. The maximum Gasteiger partial charge on any atom is 0.329 e. The zero-order chi connectivity index (χ0) is 22.2. The van der Waals surface area contributed by atoms with Crippen LogP contribution in [0.4, 0.5) is 5.69 Å². The largest absolute Gasteiger partial charge is 0.497 e. The average molecular weight is 429 g/mol.